The number of hydrogen-bond donors (Lipinski definition) is 1. The number of rotatable bonds is 3. The number of ether oxygens (including phenoxy) is 1. The Morgan fingerprint density at radius 1 is 1.07 bits per heavy atom. The molecule has 0 saturated heterocycles. The molecule has 4 aromatic rings. The molecule has 2 aromatic carbocycles. The van der Waals surface area contributed by atoms with E-state index in [2.05, 4.69) is 21.0 Å². The summed E-state index contributed by atoms with van der Waals surface area (Å²) in [6.07, 6.45) is 0. The molecule has 0 aliphatic carbocycles. The van der Waals surface area contributed by atoms with Crippen molar-refractivity contribution in [3.05, 3.63) is 74.6 Å². The molecule has 2 aromatic heterocycles. The van der Waals surface area contributed by atoms with Crippen LogP contribution in [0.2, 0.25) is 0 Å². The highest BCUT2D eigenvalue weighted by molar-refractivity contribution is 9.10. The molecule has 4 rings (SSSR count). The van der Waals surface area contributed by atoms with Gasteiger partial charge in [0.1, 0.15) is 5.75 Å². The predicted octanol–water partition coefficient (Wildman–Crippen LogP) is 4.74. The lowest BCUT2D eigenvalue weighted by molar-refractivity contribution is 0.412. The quantitative estimate of drug-likeness (QED) is 0.517. The number of nitrogens with one attached hydrogen (secondary N) is 1. The van der Waals surface area contributed by atoms with Gasteiger partial charge in [-0.05, 0) is 55.3 Å². The normalized spacial score (nSPS) is 11.1. The molecule has 0 aliphatic heterocycles. The Bertz CT molecular complexity index is 1220. The highest BCUT2D eigenvalue weighted by Gasteiger charge is 2.16. The van der Waals surface area contributed by atoms with Crippen molar-refractivity contribution in [2.75, 3.05) is 7.11 Å². The molecule has 2 heterocycles. The van der Waals surface area contributed by atoms with E-state index in [1.165, 1.54) is 4.52 Å². The standard InChI is InChI=1S/C21H18BrN3O2/c1-12-9-14(7-8-18(12)27-3)17-11-19(26)25-21(23-17)20(13(2)24-25)15-5-4-6-16(22)10-15/h4-11,24H,1-3H3. The van der Waals surface area contributed by atoms with Gasteiger partial charge in [0.15, 0.2) is 5.65 Å². The Morgan fingerprint density at radius 2 is 1.89 bits per heavy atom. The number of hydrogen-bond acceptors (Lipinski definition) is 3. The molecule has 0 spiro atoms. The summed E-state index contributed by atoms with van der Waals surface area (Å²) >= 11 is 3.51. The minimum atomic E-state index is -0.146. The fourth-order valence-electron chi connectivity index (χ4n) is 3.32. The average molecular weight is 424 g/mol. The topological polar surface area (TPSA) is 59.4 Å². The lowest BCUT2D eigenvalue weighted by Crippen LogP contribution is -2.14. The van der Waals surface area contributed by atoms with Gasteiger partial charge in [-0.15, -0.1) is 0 Å². The maximum atomic E-state index is 12.7. The van der Waals surface area contributed by atoms with Crippen LogP contribution in [0, 0.1) is 13.8 Å². The Morgan fingerprint density at radius 3 is 2.59 bits per heavy atom. The number of methoxy groups -OCH3 is 1. The van der Waals surface area contributed by atoms with Gasteiger partial charge in [-0.3, -0.25) is 9.89 Å². The zero-order chi connectivity index (χ0) is 19.1. The first-order valence-electron chi connectivity index (χ1n) is 8.51. The number of nitrogens with zero attached hydrogens (tertiary/aromatic N) is 2. The predicted molar refractivity (Wildman–Crippen MR) is 110 cm³/mol. The SMILES string of the molecule is COc1ccc(-c2cc(=O)n3[nH]c(C)c(-c4cccc(Br)c4)c3n2)cc1C. The molecule has 0 atom stereocenters. The maximum Gasteiger partial charge on any atom is 0.273 e. The Balaban J connectivity index is 1.96. The molecule has 0 unspecified atom stereocenters. The second-order valence-corrected chi connectivity index (χ2v) is 7.36. The first-order chi connectivity index (χ1) is 13.0. The van der Waals surface area contributed by atoms with Gasteiger partial charge in [-0.25, -0.2) is 9.50 Å². The van der Waals surface area contributed by atoms with E-state index in [0.717, 1.165) is 38.2 Å². The van der Waals surface area contributed by atoms with Crippen molar-refractivity contribution in [3.8, 4) is 28.1 Å². The summed E-state index contributed by atoms with van der Waals surface area (Å²) in [5.74, 6) is 0.809. The van der Waals surface area contributed by atoms with E-state index in [1.807, 2.05) is 56.3 Å². The van der Waals surface area contributed by atoms with Crippen LogP contribution in [0.5, 0.6) is 5.75 Å². The van der Waals surface area contributed by atoms with Crippen molar-refractivity contribution < 1.29 is 4.74 Å². The largest absolute Gasteiger partial charge is 0.496 e. The molecule has 6 heteroatoms. The number of benzene rings is 2. The van der Waals surface area contributed by atoms with Crippen molar-refractivity contribution in [3.63, 3.8) is 0 Å². The molecule has 0 fully saturated rings. The van der Waals surface area contributed by atoms with Crippen molar-refractivity contribution in [2.24, 2.45) is 0 Å². The van der Waals surface area contributed by atoms with Crippen LogP contribution in [-0.2, 0) is 0 Å². The van der Waals surface area contributed by atoms with Gasteiger partial charge in [0, 0.05) is 27.4 Å². The van der Waals surface area contributed by atoms with Crippen molar-refractivity contribution in [1.82, 2.24) is 14.6 Å². The summed E-state index contributed by atoms with van der Waals surface area (Å²) in [5, 5.41) is 3.13. The number of H-pyrrole nitrogens is 1. The highest BCUT2D eigenvalue weighted by Crippen LogP contribution is 2.30. The third-order valence-corrected chi connectivity index (χ3v) is 5.09. The fraction of sp³-hybridized carbons (Fsp3) is 0.143. The van der Waals surface area contributed by atoms with E-state index in [4.69, 9.17) is 9.72 Å². The summed E-state index contributed by atoms with van der Waals surface area (Å²) in [6.45, 7) is 3.92. The van der Waals surface area contributed by atoms with E-state index >= 15 is 0 Å². The van der Waals surface area contributed by atoms with Crippen molar-refractivity contribution >= 4 is 21.6 Å². The van der Waals surface area contributed by atoms with Crippen LogP contribution in [0.1, 0.15) is 11.3 Å². The van der Waals surface area contributed by atoms with Gasteiger partial charge in [0.25, 0.3) is 5.56 Å². The Labute approximate surface area is 164 Å². The first-order valence-corrected chi connectivity index (χ1v) is 9.30. The minimum absolute atomic E-state index is 0.146. The van der Waals surface area contributed by atoms with Gasteiger partial charge in [-0.1, -0.05) is 28.1 Å². The van der Waals surface area contributed by atoms with Crippen LogP contribution in [0.25, 0.3) is 28.0 Å². The van der Waals surface area contributed by atoms with Gasteiger partial charge in [0.05, 0.1) is 12.8 Å². The molecule has 1 N–H and O–H groups in total. The van der Waals surface area contributed by atoms with Gasteiger partial charge < -0.3 is 4.74 Å². The highest BCUT2D eigenvalue weighted by atomic mass is 79.9. The Hall–Kier alpha value is -2.86. The van der Waals surface area contributed by atoms with E-state index < -0.39 is 0 Å². The smallest absolute Gasteiger partial charge is 0.273 e. The molecule has 0 aliphatic rings. The zero-order valence-corrected chi connectivity index (χ0v) is 16.8. The van der Waals surface area contributed by atoms with Crippen LogP contribution in [0.4, 0.5) is 0 Å². The maximum absolute atomic E-state index is 12.7. The molecule has 136 valence electrons. The molecule has 0 saturated carbocycles. The molecular weight excluding hydrogens is 406 g/mol. The van der Waals surface area contributed by atoms with Crippen molar-refractivity contribution in [2.45, 2.75) is 13.8 Å². The van der Waals surface area contributed by atoms with Crippen LogP contribution in [0.15, 0.2) is 57.8 Å². The lowest BCUT2D eigenvalue weighted by Gasteiger charge is -2.08. The molecule has 0 radical (unpaired) electrons. The van der Waals surface area contributed by atoms with E-state index in [1.54, 1.807) is 13.2 Å². The van der Waals surface area contributed by atoms with E-state index in [-0.39, 0.29) is 5.56 Å². The first kappa shape index (κ1) is 17.5. The second-order valence-electron chi connectivity index (χ2n) is 6.45. The number of fused-ring (bicyclic) bond motifs is 1. The number of halogens is 1. The monoisotopic (exact) mass is 423 g/mol. The molecule has 27 heavy (non-hydrogen) atoms. The third kappa shape index (κ3) is 3.06. The lowest BCUT2D eigenvalue weighted by atomic mass is 10.1. The second kappa shape index (κ2) is 6.70. The number of aryl methyl sites for hydroxylation is 2. The van der Waals surface area contributed by atoms with Crippen molar-refractivity contribution in [1.29, 1.82) is 0 Å². The van der Waals surface area contributed by atoms with Gasteiger partial charge in [-0.2, -0.15) is 0 Å². The van der Waals surface area contributed by atoms with Crippen LogP contribution < -0.4 is 10.3 Å². The molecule has 5 nitrogen and oxygen atoms in total. The average Bonchev–Trinajstić information content (AvgIpc) is 2.98. The van der Waals surface area contributed by atoms with E-state index in [9.17, 15) is 4.79 Å². The molecular formula is C21H18BrN3O2. The van der Waals surface area contributed by atoms with Gasteiger partial charge in [0.2, 0.25) is 0 Å². The van der Waals surface area contributed by atoms with Crippen LogP contribution >= 0.6 is 15.9 Å². The van der Waals surface area contributed by atoms with E-state index in [0.29, 0.717) is 11.3 Å². The summed E-state index contributed by atoms with van der Waals surface area (Å²) in [6, 6.07) is 15.3. The zero-order valence-electron chi connectivity index (χ0n) is 15.2. The van der Waals surface area contributed by atoms with Crippen LogP contribution in [0.3, 0.4) is 0 Å². The minimum Gasteiger partial charge on any atom is -0.496 e. The number of aromatic amines is 1. The Kier molecular flexibility index (Phi) is 4.36. The number of aromatic nitrogens is 3. The fourth-order valence-corrected chi connectivity index (χ4v) is 3.72. The summed E-state index contributed by atoms with van der Waals surface area (Å²) < 4.78 is 7.79. The van der Waals surface area contributed by atoms with Crippen LogP contribution in [-0.4, -0.2) is 21.7 Å². The van der Waals surface area contributed by atoms with Gasteiger partial charge >= 0.3 is 0 Å². The summed E-state index contributed by atoms with van der Waals surface area (Å²) in [5.41, 5.74) is 5.79. The molecule has 0 bridgehead atoms. The third-order valence-electron chi connectivity index (χ3n) is 4.60. The summed E-state index contributed by atoms with van der Waals surface area (Å²) in [7, 11) is 1.64. The summed E-state index contributed by atoms with van der Waals surface area (Å²) in [4.78, 5) is 17.5. The molecule has 0 amide bonds.